The third kappa shape index (κ3) is 7.67. The summed E-state index contributed by atoms with van der Waals surface area (Å²) in [6.07, 6.45) is 2.64. The Labute approximate surface area is 120 Å². The van der Waals surface area contributed by atoms with Crippen LogP contribution >= 0.6 is 8.25 Å². The maximum absolute atomic E-state index is 11.6. The van der Waals surface area contributed by atoms with Crippen LogP contribution in [0.25, 0.3) is 0 Å². The lowest BCUT2D eigenvalue weighted by Crippen LogP contribution is -2.09. The first-order chi connectivity index (χ1) is 9.35. The molecule has 0 bridgehead atoms. The van der Waals surface area contributed by atoms with Gasteiger partial charge in [-0.1, -0.05) is 49.4 Å². The third-order valence-corrected chi connectivity index (χ3v) is 3.96. The van der Waals surface area contributed by atoms with Gasteiger partial charge in [0, 0.05) is 4.57 Å². The van der Waals surface area contributed by atoms with E-state index in [1.165, 1.54) is 18.9 Å². The Bertz CT molecular complexity index is 512. The molecule has 0 radical (unpaired) electrons. The average Bonchev–Trinajstić information content (AvgIpc) is 2.38. The van der Waals surface area contributed by atoms with Gasteiger partial charge in [0.15, 0.2) is 0 Å². The zero-order chi connectivity index (χ0) is 15.6. The van der Waals surface area contributed by atoms with Crippen molar-refractivity contribution in [1.29, 1.82) is 0 Å². The molecule has 0 aromatic heterocycles. The molecule has 0 spiro atoms. The summed E-state index contributed by atoms with van der Waals surface area (Å²) in [6, 6.07) is 6.24. The van der Waals surface area contributed by atoms with Gasteiger partial charge < -0.3 is 0 Å². The highest BCUT2D eigenvalue weighted by Crippen LogP contribution is 2.19. The molecule has 0 saturated heterocycles. The normalized spacial score (nSPS) is 11.5. The molecule has 8 heteroatoms. The summed E-state index contributed by atoms with van der Waals surface area (Å²) in [5.41, 5.74) is 0.524. The van der Waals surface area contributed by atoms with E-state index in [1.807, 2.05) is 0 Å². The lowest BCUT2D eigenvalue weighted by molar-refractivity contribution is 0.121. The Morgan fingerprint density at radius 1 is 1.20 bits per heavy atom. The van der Waals surface area contributed by atoms with Gasteiger partial charge in [0.2, 0.25) is 6.79 Å². The lowest BCUT2D eigenvalue weighted by Gasteiger charge is -2.04. The Hall–Kier alpha value is -0.850. The van der Waals surface area contributed by atoms with Crippen molar-refractivity contribution in [1.82, 2.24) is 0 Å². The highest BCUT2D eigenvalue weighted by molar-refractivity contribution is 7.86. The highest BCUT2D eigenvalue weighted by atomic mass is 32.2. The van der Waals surface area contributed by atoms with Gasteiger partial charge in [-0.15, -0.1) is 4.89 Å². The van der Waals surface area contributed by atoms with E-state index < -0.39 is 25.2 Å². The molecule has 0 aliphatic rings. The van der Waals surface area contributed by atoms with Gasteiger partial charge >= 0.3 is 8.25 Å². The molecular formula is C12H20O6PS+. The minimum atomic E-state index is -3.95. The molecular weight excluding hydrogens is 303 g/mol. The van der Waals surface area contributed by atoms with Crippen LogP contribution in [0.1, 0.15) is 32.3 Å². The van der Waals surface area contributed by atoms with Crippen LogP contribution in [0.3, 0.4) is 0 Å². The predicted molar refractivity (Wildman–Crippen MR) is 75.8 cm³/mol. The van der Waals surface area contributed by atoms with Crippen molar-refractivity contribution >= 4 is 18.4 Å². The second-order valence-corrected chi connectivity index (χ2v) is 6.14. The largest absolute Gasteiger partial charge is 0.697 e. The van der Waals surface area contributed by atoms with E-state index in [0.717, 1.165) is 0 Å². The topological polar surface area (TPSA) is 89.9 Å². The molecule has 0 fully saturated rings. The summed E-state index contributed by atoms with van der Waals surface area (Å²) in [6.45, 7) is 5.19. The molecule has 0 heterocycles. The summed E-state index contributed by atoms with van der Waals surface area (Å²) < 4.78 is 41.8. The second-order valence-electron chi connectivity index (χ2n) is 3.82. The fraction of sp³-hybridized carbons (Fsp3) is 0.500. The van der Waals surface area contributed by atoms with Crippen molar-refractivity contribution in [2.75, 3.05) is 6.79 Å². The van der Waals surface area contributed by atoms with Crippen LogP contribution < -0.4 is 0 Å². The van der Waals surface area contributed by atoms with E-state index in [1.54, 1.807) is 25.1 Å². The van der Waals surface area contributed by atoms with Gasteiger partial charge in [-0.3, -0.25) is 0 Å². The van der Waals surface area contributed by atoms with Gasteiger partial charge in [0.05, 0.1) is 4.90 Å². The van der Waals surface area contributed by atoms with Crippen LogP contribution in [0.15, 0.2) is 29.2 Å². The summed E-state index contributed by atoms with van der Waals surface area (Å²) in [5.74, 6) is 0. The molecule has 0 amide bonds. The molecule has 0 aliphatic carbocycles. The van der Waals surface area contributed by atoms with E-state index >= 15 is 0 Å². The SMILES string of the molecule is CCCC.Cc1ccccc1S(=O)(=O)OCO[P+](=O)O. The van der Waals surface area contributed by atoms with Crippen molar-refractivity contribution in [2.24, 2.45) is 0 Å². The first kappa shape index (κ1) is 19.1. The maximum Gasteiger partial charge on any atom is 0.697 e. The summed E-state index contributed by atoms with van der Waals surface area (Å²) in [5, 5.41) is 0. The molecule has 1 unspecified atom stereocenters. The van der Waals surface area contributed by atoms with Crippen LogP contribution in [0, 0.1) is 6.92 Å². The van der Waals surface area contributed by atoms with Crippen molar-refractivity contribution < 1.29 is 26.6 Å². The first-order valence-electron chi connectivity index (χ1n) is 6.09. The zero-order valence-corrected chi connectivity index (χ0v) is 13.5. The summed E-state index contributed by atoms with van der Waals surface area (Å²) >= 11 is 0. The minimum absolute atomic E-state index is 0.00627. The Kier molecular flexibility index (Phi) is 9.54. The standard InChI is InChI=1S/C8H9O6PS.C4H10/c1-7-4-2-3-5-8(7)16(11,12)14-6-13-15(9)10;1-3-4-2/h2-5H,6H2,1H3;3-4H2,1-2H3/p+1. The Balaban J connectivity index is 0.000000796. The summed E-state index contributed by atoms with van der Waals surface area (Å²) in [4.78, 5) is 8.29. The van der Waals surface area contributed by atoms with Crippen molar-refractivity contribution in [2.45, 2.75) is 38.5 Å². The molecule has 1 atom stereocenters. The minimum Gasteiger partial charge on any atom is -0.232 e. The molecule has 0 saturated carbocycles. The smallest absolute Gasteiger partial charge is 0.232 e. The van der Waals surface area contributed by atoms with Gasteiger partial charge in [0.1, 0.15) is 0 Å². The van der Waals surface area contributed by atoms with Crippen LogP contribution in [-0.4, -0.2) is 20.1 Å². The average molecular weight is 323 g/mol. The fourth-order valence-corrected chi connectivity index (χ4v) is 2.25. The quantitative estimate of drug-likeness (QED) is 0.491. The number of hydrogen-bond acceptors (Lipinski definition) is 5. The molecule has 20 heavy (non-hydrogen) atoms. The monoisotopic (exact) mass is 323 g/mol. The molecule has 6 nitrogen and oxygen atoms in total. The Morgan fingerprint density at radius 3 is 2.20 bits per heavy atom. The number of unbranched alkanes of at least 4 members (excludes halogenated alkanes) is 1. The molecule has 1 aromatic carbocycles. The van der Waals surface area contributed by atoms with Crippen molar-refractivity contribution in [3.63, 3.8) is 0 Å². The van der Waals surface area contributed by atoms with Crippen molar-refractivity contribution in [3.8, 4) is 0 Å². The van der Waals surface area contributed by atoms with Crippen LogP contribution in [0.5, 0.6) is 0 Å². The van der Waals surface area contributed by atoms with Crippen molar-refractivity contribution in [3.05, 3.63) is 29.8 Å². The number of benzene rings is 1. The van der Waals surface area contributed by atoms with E-state index in [9.17, 15) is 13.0 Å². The van der Waals surface area contributed by atoms with Crippen LogP contribution in [0.2, 0.25) is 0 Å². The molecule has 114 valence electrons. The van der Waals surface area contributed by atoms with E-state index in [2.05, 4.69) is 22.6 Å². The number of aryl methyl sites for hydroxylation is 1. The van der Waals surface area contributed by atoms with Gasteiger partial charge in [-0.05, 0) is 18.6 Å². The molecule has 1 aromatic rings. The summed E-state index contributed by atoms with van der Waals surface area (Å²) in [7, 11) is -6.82. The van der Waals surface area contributed by atoms with E-state index in [-0.39, 0.29) is 4.90 Å². The fourth-order valence-electron chi connectivity index (χ4n) is 1.03. The van der Waals surface area contributed by atoms with Gasteiger partial charge in [-0.25, -0.2) is 4.18 Å². The third-order valence-electron chi connectivity index (χ3n) is 2.23. The Morgan fingerprint density at radius 2 is 1.75 bits per heavy atom. The van der Waals surface area contributed by atoms with Crippen LogP contribution in [0.4, 0.5) is 0 Å². The van der Waals surface area contributed by atoms with Gasteiger partial charge in [0.25, 0.3) is 10.1 Å². The van der Waals surface area contributed by atoms with Crippen LogP contribution in [-0.2, 0) is 23.4 Å². The molecule has 1 N–H and O–H groups in total. The second kappa shape index (κ2) is 9.96. The number of rotatable bonds is 6. The maximum atomic E-state index is 11.6. The highest BCUT2D eigenvalue weighted by Gasteiger charge is 2.20. The lowest BCUT2D eigenvalue weighted by atomic mass is 10.2. The molecule has 0 aliphatic heterocycles. The zero-order valence-electron chi connectivity index (χ0n) is 11.8. The van der Waals surface area contributed by atoms with E-state index in [4.69, 9.17) is 4.89 Å². The van der Waals surface area contributed by atoms with Gasteiger partial charge in [-0.2, -0.15) is 8.42 Å². The number of hydrogen-bond donors (Lipinski definition) is 1. The van der Waals surface area contributed by atoms with E-state index in [0.29, 0.717) is 5.56 Å². The first-order valence-corrected chi connectivity index (χ1v) is 8.63. The molecule has 1 rings (SSSR count). The predicted octanol–water partition coefficient (Wildman–Crippen LogP) is 3.13.